The third-order valence-electron chi connectivity index (χ3n) is 2.45. The number of hydrogen-bond donors (Lipinski definition) is 2. The first-order chi connectivity index (χ1) is 8.80. The normalized spacial score (nSPS) is 13.8. The van der Waals surface area contributed by atoms with Gasteiger partial charge in [-0.25, -0.2) is 0 Å². The van der Waals surface area contributed by atoms with Crippen molar-refractivity contribution in [2.75, 3.05) is 11.9 Å². The molecule has 6 nitrogen and oxygen atoms in total. The van der Waals surface area contributed by atoms with Gasteiger partial charge in [0.2, 0.25) is 0 Å². The summed E-state index contributed by atoms with van der Waals surface area (Å²) in [7, 11) is 0. The average Bonchev–Trinajstić information content (AvgIpc) is 2.75. The van der Waals surface area contributed by atoms with E-state index in [9.17, 15) is 13.2 Å². The molecule has 0 saturated carbocycles. The Kier molecular flexibility index (Phi) is 3.50. The molecule has 0 bridgehead atoms. The van der Waals surface area contributed by atoms with Crippen molar-refractivity contribution >= 4 is 23.2 Å². The van der Waals surface area contributed by atoms with Crippen molar-refractivity contribution < 1.29 is 18.3 Å². The van der Waals surface area contributed by atoms with Crippen LogP contribution in [0, 0.1) is 6.92 Å². The third-order valence-corrected chi connectivity index (χ3v) is 2.81. The molecule has 0 aliphatic carbocycles. The average molecular weight is 296 g/mol. The number of aliphatic hydroxyl groups excluding tert-OH is 1. The predicted octanol–water partition coefficient (Wildman–Crippen LogP) is 1.42. The molecule has 19 heavy (non-hydrogen) atoms. The summed E-state index contributed by atoms with van der Waals surface area (Å²) in [5, 5.41) is 15.3. The first-order valence-corrected chi connectivity index (χ1v) is 5.53. The Morgan fingerprint density at radius 2 is 2.21 bits per heavy atom. The first-order valence-electron chi connectivity index (χ1n) is 5.15. The van der Waals surface area contributed by atoms with Crippen molar-refractivity contribution in [3.05, 3.63) is 17.0 Å². The highest BCUT2D eigenvalue weighted by atomic mass is 35.5. The van der Waals surface area contributed by atoms with Crippen LogP contribution in [0.5, 0.6) is 0 Å². The van der Waals surface area contributed by atoms with Crippen molar-refractivity contribution in [1.29, 1.82) is 0 Å². The fraction of sp³-hybridized carbons (Fsp3) is 0.444. The van der Waals surface area contributed by atoms with E-state index in [0.717, 1.165) is 0 Å². The molecule has 0 spiro atoms. The van der Waals surface area contributed by atoms with Gasteiger partial charge in [-0.15, -0.1) is 0 Å². The number of fused-ring (bicyclic) bond motifs is 1. The maximum atomic E-state index is 12.2. The number of alkyl halides is 3. The second kappa shape index (κ2) is 4.82. The van der Waals surface area contributed by atoms with Gasteiger partial charge in [0.15, 0.2) is 6.10 Å². The summed E-state index contributed by atoms with van der Waals surface area (Å²) < 4.78 is 37.9. The Morgan fingerprint density at radius 1 is 1.53 bits per heavy atom. The molecule has 1 atom stereocenters. The summed E-state index contributed by atoms with van der Waals surface area (Å²) in [6, 6.07) is 0. The van der Waals surface area contributed by atoms with Gasteiger partial charge >= 0.3 is 6.18 Å². The zero-order valence-electron chi connectivity index (χ0n) is 9.61. The van der Waals surface area contributed by atoms with Gasteiger partial charge in [0.05, 0.1) is 6.54 Å². The fourth-order valence-corrected chi connectivity index (χ4v) is 1.58. The molecule has 0 amide bonds. The zero-order valence-corrected chi connectivity index (χ0v) is 10.4. The fourth-order valence-electron chi connectivity index (χ4n) is 1.41. The van der Waals surface area contributed by atoms with E-state index in [0.29, 0.717) is 5.56 Å². The SMILES string of the molecule is Cc1c(Cl)nc2ncnn2c1NCC(O)C(F)(F)F. The van der Waals surface area contributed by atoms with Gasteiger partial charge in [0.25, 0.3) is 5.78 Å². The lowest BCUT2D eigenvalue weighted by molar-refractivity contribution is -0.198. The molecule has 1 unspecified atom stereocenters. The van der Waals surface area contributed by atoms with Gasteiger partial charge in [0, 0.05) is 5.56 Å². The number of aromatic nitrogens is 4. The highest BCUT2D eigenvalue weighted by Crippen LogP contribution is 2.24. The molecule has 0 fully saturated rings. The molecule has 0 aliphatic rings. The van der Waals surface area contributed by atoms with E-state index in [4.69, 9.17) is 16.7 Å². The molecule has 0 aromatic carbocycles. The van der Waals surface area contributed by atoms with Crippen LogP contribution in [0.3, 0.4) is 0 Å². The van der Waals surface area contributed by atoms with E-state index in [1.165, 1.54) is 10.8 Å². The summed E-state index contributed by atoms with van der Waals surface area (Å²) in [4.78, 5) is 7.69. The standard InChI is InChI=1S/C9H9ClF3N5O/c1-4-6(10)17-8-15-3-16-18(8)7(4)14-2-5(19)9(11,12)13/h3,5,14,19H,2H2,1H3. The zero-order chi connectivity index (χ0) is 14.2. The van der Waals surface area contributed by atoms with Crippen molar-refractivity contribution in [2.24, 2.45) is 0 Å². The molecule has 2 heterocycles. The number of aliphatic hydroxyl groups is 1. The Balaban J connectivity index is 2.30. The van der Waals surface area contributed by atoms with Crippen LogP contribution in [0.1, 0.15) is 5.56 Å². The summed E-state index contributed by atoms with van der Waals surface area (Å²) >= 11 is 5.84. The number of halogens is 4. The van der Waals surface area contributed by atoms with Crippen LogP contribution in [0.4, 0.5) is 19.0 Å². The molecule has 0 saturated heterocycles. The monoisotopic (exact) mass is 295 g/mol. The minimum atomic E-state index is -4.70. The van der Waals surface area contributed by atoms with E-state index in [-0.39, 0.29) is 16.7 Å². The lowest BCUT2D eigenvalue weighted by atomic mass is 10.3. The maximum Gasteiger partial charge on any atom is 0.416 e. The molecule has 0 aliphatic heterocycles. The van der Waals surface area contributed by atoms with Gasteiger partial charge in [-0.3, -0.25) is 0 Å². The molecule has 2 aromatic rings. The highest BCUT2D eigenvalue weighted by molar-refractivity contribution is 6.30. The number of nitrogens with one attached hydrogen (secondary N) is 1. The van der Waals surface area contributed by atoms with Gasteiger partial charge in [-0.05, 0) is 6.92 Å². The summed E-state index contributed by atoms with van der Waals surface area (Å²) in [5.74, 6) is 0.357. The summed E-state index contributed by atoms with van der Waals surface area (Å²) in [6.07, 6.45) is -5.99. The molecule has 104 valence electrons. The minimum Gasteiger partial charge on any atom is -0.382 e. The van der Waals surface area contributed by atoms with Gasteiger partial charge in [-0.1, -0.05) is 11.6 Å². The Bertz CT molecular complexity index is 599. The Hall–Kier alpha value is -1.61. The quantitative estimate of drug-likeness (QED) is 0.838. The number of hydrogen-bond acceptors (Lipinski definition) is 5. The predicted molar refractivity (Wildman–Crippen MR) is 61.1 cm³/mol. The molecule has 10 heteroatoms. The highest BCUT2D eigenvalue weighted by Gasteiger charge is 2.38. The van der Waals surface area contributed by atoms with Crippen LogP contribution in [0.15, 0.2) is 6.33 Å². The number of nitrogens with zero attached hydrogens (tertiary/aromatic N) is 4. The lowest BCUT2D eigenvalue weighted by Gasteiger charge is -2.17. The van der Waals surface area contributed by atoms with Gasteiger partial charge < -0.3 is 10.4 Å². The van der Waals surface area contributed by atoms with Gasteiger partial charge in [-0.2, -0.15) is 32.8 Å². The Labute approximate surface area is 110 Å². The summed E-state index contributed by atoms with van der Waals surface area (Å²) in [6.45, 7) is 0.846. The Morgan fingerprint density at radius 3 is 2.84 bits per heavy atom. The van der Waals surface area contributed by atoms with Crippen molar-refractivity contribution in [1.82, 2.24) is 19.6 Å². The smallest absolute Gasteiger partial charge is 0.382 e. The van der Waals surface area contributed by atoms with E-state index >= 15 is 0 Å². The van der Waals surface area contributed by atoms with Crippen LogP contribution >= 0.6 is 11.6 Å². The van der Waals surface area contributed by atoms with Crippen molar-refractivity contribution in [3.8, 4) is 0 Å². The van der Waals surface area contributed by atoms with Gasteiger partial charge in [0.1, 0.15) is 17.3 Å². The minimum absolute atomic E-state index is 0.101. The first kappa shape index (κ1) is 13.8. The molecular formula is C9H9ClF3N5O. The molecule has 0 radical (unpaired) electrons. The van der Waals surface area contributed by atoms with E-state index < -0.39 is 18.8 Å². The number of rotatable bonds is 3. The molecule has 2 N–H and O–H groups in total. The second-order valence-corrected chi connectivity index (χ2v) is 4.14. The lowest BCUT2D eigenvalue weighted by Crippen LogP contribution is -2.35. The maximum absolute atomic E-state index is 12.2. The topological polar surface area (TPSA) is 75.3 Å². The van der Waals surface area contributed by atoms with E-state index in [1.54, 1.807) is 6.92 Å². The van der Waals surface area contributed by atoms with Crippen LogP contribution in [0.25, 0.3) is 5.78 Å². The van der Waals surface area contributed by atoms with E-state index in [2.05, 4.69) is 20.4 Å². The van der Waals surface area contributed by atoms with E-state index in [1.807, 2.05) is 0 Å². The van der Waals surface area contributed by atoms with Crippen LogP contribution in [-0.2, 0) is 0 Å². The van der Waals surface area contributed by atoms with Crippen molar-refractivity contribution in [2.45, 2.75) is 19.2 Å². The van der Waals surface area contributed by atoms with Crippen LogP contribution in [0.2, 0.25) is 5.15 Å². The molecule has 2 rings (SSSR count). The summed E-state index contributed by atoms with van der Waals surface area (Å²) in [5.41, 5.74) is 0.411. The second-order valence-electron chi connectivity index (χ2n) is 3.79. The molecule has 2 aromatic heterocycles. The molecular weight excluding hydrogens is 287 g/mol. The van der Waals surface area contributed by atoms with Crippen LogP contribution < -0.4 is 5.32 Å². The third kappa shape index (κ3) is 2.71. The largest absolute Gasteiger partial charge is 0.416 e. The number of anilines is 1. The van der Waals surface area contributed by atoms with Crippen molar-refractivity contribution in [3.63, 3.8) is 0 Å². The van der Waals surface area contributed by atoms with Crippen LogP contribution in [-0.4, -0.2) is 43.5 Å².